The van der Waals surface area contributed by atoms with Crippen LogP contribution in [-0.2, 0) is 38.1 Å². The zero-order valence-corrected chi connectivity index (χ0v) is 30.2. The van der Waals surface area contributed by atoms with E-state index in [0.29, 0.717) is 32.4 Å². The summed E-state index contributed by atoms with van der Waals surface area (Å²) in [5.41, 5.74) is -4.67. The first-order valence-electron chi connectivity index (χ1n) is 18.4. The average Bonchev–Trinajstić information content (AvgIpc) is 3.64. The molecule has 1 spiro atoms. The average molecular weight is 711 g/mol. The van der Waals surface area contributed by atoms with Crippen LogP contribution in [-0.4, -0.2) is 122 Å². The maximum atomic E-state index is 14.1. The second kappa shape index (κ2) is 11.8. The fourth-order valence-corrected chi connectivity index (χ4v) is 13.2. The van der Waals surface area contributed by atoms with E-state index in [1.807, 2.05) is 6.92 Å². The summed E-state index contributed by atoms with van der Waals surface area (Å²) < 4.78 is 31.1. The van der Waals surface area contributed by atoms with E-state index in [9.17, 15) is 29.4 Å². The third-order valence-corrected chi connectivity index (χ3v) is 14.5. The number of nitrogens with zero attached hydrogens (tertiary/aromatic N) is 2. The SMILES string of the molecule is CCN1CC2(COC(=O)c3ccccc3N3C(=O)C[C@H](C)C3=O)CC[C@H](OC)[C@]34[C@@H]2[C@H](OC)[C@](O)([C@H]13)[C@@]1(O)C[C@H](OC(C)=O)[C@H]2C[C@H]4[C@@H]1[C@H]2OC. The minimum atomic E-state index is -1.82. The van der Waals surface area contributed by atoms with E-state index < -0.39 is 70.2 Å². The van der Waals surface area contributed by atoms with Crippen LogP contribution < -0.4 is 4.90 Å². The molecule has 7 aliphatic rings. The lowest BCUT2D eigenvalue weighted by atomic mass is 9.42. The van der Waals surface area contributed by atoms with E-state index >= 15 is 0 Å². The molecule has 2 amide bonds. The number of para-hydroxylation sites is 1. The first kappa shape index (κ1) is 35.1. The molecule has 2 saturated heterocycles. The molecule has 2 aliphatic heterocycles. The summed E-state index contributed by atoms with van der Waals surface area (Å²) in [5.74, 6) is -3.55. The molecule has 278 valence electrons. The molecular formula is C38H50N2O11. The molecule has 51 heavy (non-hydrogen) atoms. The van der Waals surface area contributed by atoms with Gasteiger partial charge in [0.15, 0.2) is 0 Å². The van der Waals surface area contributed by atoms with Crippen molar-refractivity contribution in [3.8, 4) is 0 Å². The summed E-state index contributed by atoms with van der Waals surface area (Å²) in [6, 6.07) is 5.96. The van der Waals surface area contributed by atoms with Crippen molar-refractivity contribution in [2.45, 2.75) is 94.5 Å². The van der Waals surface area contributed by atoms with Gasteiger partial charge in [-0.15, -0.1) is 0 Å². The number of likely N-dealkylation sites (tertiary alicyclic amines) is 1. The second-order valence-corrected chi connectivity index (χ2v) is 16.3. The van der Waals surface area contributed by atoms with Gasteiger partial charge in [0.25, 0.3) is 0 Å². The number of amides is 2. The van der Waals surface area contributed by atoms with Crippen LogP contribution >= 0.6 is 0 Å². The summed E-state index contributed by atoms with van der Waals surface area (Å²) in [5, 5.41) is 26.7. The van der Waals surface area contributed by atoms with Crippen LogP contribution in [0.3, 0.4) is 0 Å². The number of aliphatic hydroxyl groups is 2. The predicted octanol–water partition coefficient (Wildman–Crippen LogP) is 1.95. The van der Waals surface area contributed by atoms with Gasteiger partial charge in [-0.3, -0.25) is 19.3 Å². The van der Waals surface area contributed by atoms with E-state index in [0.717, 1.165) is 4.90 Å². The molecule has 0 radical (unpaired) electrons. The molecular weight excluding hydrogens is 660 g/mol. The summed E-state index contributed by atoms with van der Waals surface area (Å²) >= 11 is 0. The maximum absolute atomic E-state index is 14.1. The number of piperidine rings is 1. The number of likely N-dealkylation sites (N-methyl/N-ethyl adjacent to an activating group) is 1. The smallest absolute Gasteiger partial charge is 0.340 e. The molecule has 8 rings (SSSR count). The molecule has 2 heterocycles. The molecule has 5 aliphatic carbocycles. The van der Waals surface area contributed by atoms with Crippen LogP contribution in [0.5, 0.6) is 0 Å². The predicted molar refractivity (Wildman–Crippen MR) is 179 cm³/mol. The Morgan fingerprint density at radius 3 is 2.43 bits per heavy atom. The van der Waals surface area contributed by atoms with Crippen molar-refractivity contribution in [2.24, 2.45) is 40.4 Å². The fraction of sp³-hybridized carbons (Fsp3) is 0.737. The number of hydrogen-bond acceptors (Lipinski definition) is 12. The number of carbonyl (C=O) groups excluding carboxylic acids is 4. The molecule has 13 nitrogen and oxygen atoms in total. The molecule has 13 heteroatoms. The fourth-order valence-electron chi connectivity index (χ4n) is 13.2. The van der Waals surface area contributed by atoms with Crippen molar-refractivity contribution in [3.05, 3.63) is 29.8 Å². The Balaban J connectivity index is 1.23. The second-order valence-electron chi connectivity index (χ2n) is 16.3. The lowest BCUT2D eigenvalue weighted by Gasteiger charge is -2.70. The van der Waals surface area contributed by atoms with Gasteiger partial charge >= 0.3 is 11.9 Å². The Morgan fingerprint density at radius 2 is 1.80 bits per heavy atom. The number of benzene rings is 1. The number of esters is 2. The summed E-state index contributed by atoms with van der Waals surface area (Å²) in [7, 11) is 4.88. The summed E-state index contributed by atoms with van der Waals surface area (Å²) in [6.45, 7) is 6.10. The van der Waals surface area contributed by atoms with Gasteiger partial charge < -0.3 is 33.9 Å². The van der Waals surface area contributed by atoms with Gasteiger partial charge in [0.05, 0.1) is 42.2 Å². The number of hydrogen-bond donors (Lipinski definition) is 2. The quantitative estimate of drug-likeness (QED) is 0.284. The molecule has 1 aromatic rings. The van der Waals surface area contributed by atoms with Gasteiger partial charge in [0.2, 0.25) is 11.8 Å². The third kappa shape index (κ3) is 4.19. The van der Waals surface area contributed by atoms with Crippen molar-refractivity contribution in [1.29, 1.82) is 0 Å². The van der Waals surface area contributed by atoms with Gasteiger partial charge in [-0.05, 0) is 43.9 Å². The zero-order valence-electron chi connectivity index (χ0n) is 30.2. The van der Waals surface area contributed by atoms with E-state index in [1.165, 1.54) is 6.92 Å². The molecule has 7 bridgehead atoms. The standard InChI is InChI=1S/C38H50N2O11/c1-7-39-17-35(18-50-33(44)21-10-8-9-11-24(21)40-27(42)14-19(2)32(40)43)13-12-26(47-4)37-23-15-22-25(51-20(3)41)16-36(45,28(23)29(22)48-5)38(46,34(37)39)31(49-6)30(35)37/h8-11,19,22-23,25-26,28-31,34,45-46H,7,12-18H2,1-6H3/t19-,22+,23-,25-,26-,28+,29-,30+,31-,34+,35?,36+,37+,38-/m0/s1. The van der Waals surface area contributed by atoms with Gasteiger partial charge in [0, 0.05) is 82.1 Å². The molecule has 1 unspecified atom stereocenters. The third-order valence-electron chi connectivity index (χ3n) is 14.5. The zero-order chi connectivity index (χ0) is 36.4. The minimum Gasteiger partial charge on any atom is -0.462 e. The summed E-state index contributed by atoms with van der Waals surface area (Å²) in [6.07, 6.45) is -0.365. The highest BCUT2D eigenvalue weighted by atomic mass is 16.6. The molecule has 1 aromatic carbocycles. The first-order valence-corrected chi connectivity index (χ1v) is 18.4. The minimum absolute atomic E-state index is 0.0104. The Bertz CT molecular complexity index is 1650. The van der Waals surface area contributed by atoms with E-state index in [2.05, 4.69) is 4.90 Å². The number of imide groups is 1. The van der Waals surface area contributed by atoms with Crippen molar-refractivity contribution in [3.63, 3.8) is 0 Å². The molecule has 0 aromatic heterocycles. The van der Waals surface area contributed by atoms with Crippen molar-refractivity contribution < 1.29 is 53.1 Å². The molecule has 2 N–H and O–H groups in total. The van der Waals surface area contributed by atoms with Crippen LogP contribution in [0, 0.1) is 40.4 Å². The number of anilines is 1. The highest BCUT2D eigenvalue weighted by Gasteiger charge is 2.91. The highest BCUT2D eigenvalue weighted by molar-refractivity contribution is 6.22. The van der Waals surface area contributed by atoms with Crippen LogP contribution in [0.25, 0.3) is 0 Å². The van der Waals surface area contributed by atoms with Gasteiger partial charge in [0.1, 0.15) is 17.3 Å². The van der Waals surface area contributed by atoms with Crippen molar-refractivity contribution >= 4 is 29.4 Å². The number of ether oxygens (including phenoxy) is 5. The first-order chi connectivity index (χ1) is 24.3. The molecule has 14 atom stereocenters. The van der Waals surface area contributed by atoms with Gasteiger partial charge in [-0.2, -0.15) is 0 Å². The van der Waals surface area contributed by atoms with Gasteiger partial charge in [-0.1, -0.05) is 26.0 Å². The Labute approximate surface area is 297 Å². The van der Waals surface area contributed by atoms with Crippen LogP contribution in [0.2, 0.25) is 0 Å². The normalized spacial score (nSPS) is 46.4. The Kier molecular flexibility index (Phi) is 8.11. The van der Waals surface area contributed by atoms with Crippen molar-refractivity contribution in [2.75, 3.05) is 45.9 Å². The number of fused-ring (bicyclic) bond motifs is 2. The van der Waals surface area contributed by atoms with Crippen LogP contribution in [0.4, 0.5) is 5.69 Å². The maximum Gasteiger partial charge on any atom is 0.340 e. The molecule has 7 fully saturated rings. The Hall–Kier alpha value is -2.94. The lowest BCUT2D eigenvalue weighted by molar-refractivity contribution is -0.319. The highest BCUT2D eigenvalue weighted by Crippen LogP contribution is 2.80. The number of methoxy groups -OCH3 is 3. The van der Waals surface area contributed by atoms with E-state index in [4.69, 9.17) is 23.7 Å². The van der Waals surface area contributed by atoms with Crippen LogP contribution in [0.15, 0.2) is 24.3 Å². The number of rotatable bonds is 9. The van der Waals surface area contributed by atoms with Crippen LogP contribution in [0.1, 0.15) is 63.2 Å². The van der Waals surface area contributed by atoms with E-state index in [1.54, 1.807) is 52.5 Å². The summed E-state index contributed by atoms with van der Waals surface area (Å²) in [4.78, 5) is 55.6. The number of carbonyl (C=O) groups is 4. The monoisotopic (exact) mass is 710 g/mol. The Morgan fingerprint density at radius 1 is 1.06 bits per heavy atom. The van der Waals surface area contributed by atoms with Gasteiger partial charge in [-0.25, -0.2) is 9.69 Å². The molecule has 5 saturated carbocycles. The lowest BCUT2D eigenvalue weighted by Crippen LogP contribution is -2.82. The topological polar surface area (TPSA) is 161 Å². The largest absolute Gasteiger partial charge is 0.462 e. The van der Waals surface area contributed by atoms with Crippen molar-refractivity contribution in [1.82, 2.24) is 4.90 Å². The van der Waals surface area contributed by atoms with E-state index in [-0.39, 0.29) is 66.4 Å².